The molecule has 0 heterocycles. The van der Waals surface area contributed by atoms with Gasteiger partial charge in [0.2, 0.25) is 0 Å². The van der Waals surface area contributed by atoms with Crippen LogP contribution < -0.4 is 5.73 Å². The van der Waals surface area contributed by atoms with E-state index in [1.165, 1.54) is 109 Å². The van der Waals surface area contributed by atoms with Gasteiger partial charge in [0.05, 0.1) is 0 Å². The lowest BCUT2D eigenvalue weighted by Gasteiger charge is -2.40. The fourth-order valence-electron chi connectivity index (χ4n) is 7.42. The molecule has 0 radical (unpaired) electrons. The molecular formula is C29H55N. The average Bonchev–Trinajstić information content (AvgIpc) is 3.57. The Hall–Kier alpha value is -0.0400. The predicted octanol–water partition coefficient (Wildman–Crippen LogP) is 8.75. The Labute approximate surface area is 189 Å². The van der Waals surface area contributed by atoms with Crippen molar-refractivity contribution >= 4 is 0 Å². The topological polar surface area (TPSA) is 26.0 Å². The second-order valence-corrected chi connectivity index (χ2v) is 12.2. The van der Waals surface area contributed by atoms with Gasteiger partial charge >= 0.3 is 0 Å². The van der Waals surface area contributed by atoms with Gasteiger partial charge in [0.1, 0.15) is 0 Å². The van der Waals surface area contributed by atoms with Crippen LogP contribution in [0.5, 0.6) is 0 Å². The van der Waals surface area contributed by atoms with Crippen LogP contribution in [-0.4, -0.2) is 6.04 Å². The highest BCUT2D eigenvalue weighted by Gasteiger charge is 2.34. The quantitative estimate of drug-likeness (QED) is 0.392. The van der Waals surface area contributed by atoms with Gasteiger partial charge in [-0.25, -0.2) is 0 Å². The molecule has 0 amide bonds. The number of unbranched alkanes of at least 4 members (excludes halogenated alkanes) is 1. The maximum atomic E-state index is 6.46. The number of hydrogen-bond acceptors (Lipinski definition) is 1. The molecule has 3 rings (SSSR count). The van der Waals surface area contributed by atoms with Gasteiger partial charge in [0, 0.05) is 6.04 Å². The third kappa shape index (κ3) is 8.14. The molecule has 0 bridgehead atoms. The smallest absolute Gasteiger partial charge is 0.00413 e. The van der Waals surface area contributed by atoms with Crippen molar-refractivity contribution in [3.63, 3.8) is 0 Å². The fraction of sp³-hybridized carbons (Fsp3) is 1.00. The molecule has 0 aliphatic heterocycles. The van der Waals surface area contributed by atoms with Crippen LogP contribution >= 0.6 is 0 Å². The van der Waals surface area contributed by atoms with Crippen molar-refractivity contribution < 1.29 is 0 Å². The Kier molecular flexibility index (Phi) is 10.5. The van der Waals surface area contributed by atoms with Crippen molar-refractivity contribution in [3.8, 4) is 0 Å². The molecule has 2 N–H and O–H groups in total. The van der Waals surface area contributed by atoms with E-state index in [0.29, 0.717) is 6.04 Å². The maximum Gasteiger partial charge on any atom is 0.00413 e. The van der Waals surface area contributed by atoms with Crippen molar-refractivity contribution in [2.45, 2.75) is 142 Å². The summed E-state index contributed by atoms with van der Waals surface area (Å²) >= 11 is 0. The molecule has 3 saturated carbocycles. The molecule has 0 spiro atoms. The molecular weight excluding hydrogens is 362 g/mol. The van der Waals surface area contributed by atoms with E-state index in [9.17, 15) is 0 Å². The molecule has 3 aliphatic carbocycles. The molecule has 176 valence electrons. The molecule has 0 saturated heterocycles. The van der Waals surface area contributed by atoms with Crippen molar-refractivity contribution in [2.75, 3.05) is 0 Å². The van der Waals surface area contributed by atoms with Crippen LogP contribution in [0.2, 0.25) is 0 Å². The van der Waals surface area contributed by atoms with E-state index in [1.54, 1.807) is 6.42 Å². The Balaban J connectivity index is 1.50. The van der Waals surface area contributed by atoms with E-state index in [4.69, 9.17) is 5.73 Å². The average molecular weight is 418 g/mol. The molecule has 3 aliphatic rings. The minimum Gasteiger partial charge on any atom is -0.328 e. The zero-order valence-electron chi connectivity index (χ0n) is 20.9. The second kappa shape index (κ2) is 12.9. The number of rotatable bonds is 8. The second-order valence-electron chi connectivity index (χ2n) is 12.2. The van der Waals surface area contributed by atoms with Crippen molar-refractivity contribution in [1.82, 2.24) is 0 Å². The number of nitrogens with two attached hydrogens (primary N) is 1. The summed E-state index contributed by atoms with van der Waals surface area (Å²) in [4.78, 5) is 0. The van der Waals surface area contributed by atoms with E-state index in [2.05, 4.69) is 20.8 Å². The van der Waals surface area contributed by atoms with Crippen molar-refractivity contribution in [1.29, 1.82) is 0 Å². The highest BCUT2D eigenvalue weighted by atomic mass is 14.6. The van der Waals surface area contributed by atoms with Crippen LogP contribution in [0.1, 0.15) is 136 Å². The first kappa shape index (κ1) is 24.6. The summed E-state index contributed by atoms with van der Waals surface area (Å²) in [5, 5.41) is 0. The van der Waals surface area contributed by atoms with Gasteiger partial charge in [-0.05, 0) is 92.8 Å². The molecule has 1 heteroatoms. The summed E-state index contributed by atoms with van der Waals surface area (Å²) in [7, 11) is 0. The van der Waals surface area contributed by atoms with Gasteiger partial charge in [-0.1, -0.05) is 85.0 Å². The fourth-order valence-corrected chi connectivity index (χ4v) is 7.42. The Bertz CT molecular complexity index is 455. The van der Waals surface area contributed by atoms with Crippen LogP contribution in [0.3, 0.4) is 0 Å². The first-order valence-electron chi connectivity index (χ1n) is 14.3. The molecule has 7 atom stereocenters. The lowest BCUT2D eigenvalue weighted by molar-refractivity contribution is 0.105. The van der Waals surface area contributed by atoms with Gasteiger partial charge < -0.3 is 5.73 Å². The third-order valence-corrected chi connectivity index (χ3v) is 9.59. The van der Waals surface area contributed by atoms with Crippen molar-refractivity contribution in [3.05, 3.63) is 0 Å². The monoisotopic (exact) mass is 417 g/mol. The van der Waals surface area contributed by atoms with Crippen LogP contribution in [0, 0.1) is 41.4 Å². The first-order valence-corrected chi connectivity index (χ1v) is 14.3. The molecule has 3 fully saturated rings. The molecule has 1 nitrogen and oxygen atoms in total. The Morgan fingerprint density at radius 3 is 2.23 bits per heavy atom. The molecule has 30 heavy (non-hydrogen) atoms. The summed E-state index contributed by atoms with van der Waals surface area (Å²) < 4.78 is 0. The lowest BCUT2D eigenvalue weighted by Crippen LogP contribution is -2.30. The zero-order valence-corrected chi connectivity index (χ0v) is 20.9. The molecule has 0 aromatic rings. The SMILES string of the molecule is CCC1CCC(C2CCCCCCC(N)CC(C)C2)CC1CCCCC(C)C1CC1. The normalized spacial score (nSPS) is 38.0. The lowest BCUT2D eigenvalue weighted by atomic mass is 9.65. The van der Waals surface area contributed by atoms with E-state index >= 15 is 0 Å². The summed E-state index contributed by atoms with van der Waals surface area (Å²) in [6, 6.07) is 0.459. The summed E-state index contributed by atoms with van der Waals surface area (Å²) in [5.74, 6) is 6.99. The van der Waals surface area contributed by atoms with Gasteiger partial charge in [-0.2, -0.15) is 0 Å². The minimum atomic E-state index is 0.459. The highest BCUT2D eigenvalue weighted by Crippen LogP contribution is 2.45. The minimum absolute atomic E-state index is 0.459. The summed E-state index contributed by atoms with van der Waals surface area (Å²) in [6.45, 7) is 7.47. The summed E-state index contributed by atoms with van der Waals surface area (Å²) in [5.41, 5.74) is 6.46. The Morgan fingerprint density at radius 2 is 1.50 bits per heavy atom. The largest absolute Gasteiger partial charge is 0.328 e. The van der Waals surface area contributed by atoms with Gasteiger partial charge in [0.15, 0.2) is 0 Å². The van der Waals surface area contributed by atoms with Gasteiger partial charge in [0.25, 0.3) is 0 Å². The first-order chi connectivity index (χ1) is 14.6. The number of hydrogen-bond donors (Lipinski definition) is 1. The zero-order chi connectivity index (χ0) is 21.3. The predicted molar refractivity (Wildman–Crippen MR) is 133 cm³/mol. The van der Waals surface area contributed by atoms with E-state index in [1.807, 2.05) is 0 Å². The molecule has 0 aromatic heterocycles. The van der Waals surface area contributed by atoms with Gasteiger partial charge in [-0.3, -0.25) is 0 Å². The van der Waals surface area contributed by atoms with Crippen molar-refractivity contribution in [2.24, 2.45) is 47.2 Å². The van der Waals surface area contributed by atoms with Crippen LogP contribution in [0.25, 0.3) is 0 Å². The Morgan fingerprint density at radius 1 is 0.767 bits per heavy atom. The van der Waals surface area contributed by atoms with Crippen LogP contribution in [0.15, 0.2) is 0 Å². The van der Waals surface area contributed by atoms with Crippen LogP contribution in [-0.2, 0) is 0 Å². The van der Waals surface area contributed by atoms with E-state index < -0.39 is 0 Å². The molecule has 7 unspecified atom stereocenters. The maximum absolute atomic E-state index is 6.46. The van der Waals surface area contributed by atoms with E-state index in [0.717, 1.165) is 41.4 Å². The molecule has 0 aromatic carbocycles. The van der Waals surface area contributed by atoms with Crippen LogP contribution in [0.4, 0.5) is 0 Å². The standard InChI is InChI=1S/C29H55N/c1-4-24-15-18-28(21-27(24)13-10-9-11-23(3)25-16-17-25)26-12-7-5-6-8-14-29(30)20-22(2)19-26/h22-29H,4-21,30H2,1-3H3. The van der Waals surface area contributed by atoms with Gasteiger partial charge in [-0.15, -0.1) is 0 Å². The van der Waals surface area contributed by atoms with E-state index in [-0.39, 0.29) is 0 Å². The summed E-state index contributed by atoms with van der Waals surface area (Å²) in [6.07, 6.45) is 26.3. The highest BCUT2D eigenvalue weighted by molar-refractivity contribution is 4.85. The third-order valence-electron chi connectivity index (χ3n) is 9.59.